The van der Waals surface area contributed by atoms with Crippen molar-refractivity contribution in [2.75, 3.05) is 26.4 Å². The summed E-state index contributed by atoms with van der Waals surface area (Å²) in [6.07, 6.45) is 10.9. The number of halogens is 1. The first-order valence-electron chi connectivity index (χ1n) is 10.7. The topological polar surface area (TPSA) is 94.5 Å². The lowest BCUT2D eigenvalue weighted by Crippen LogP contribution is -2.40. The quantitative estimate of drug-likeness (QED) is 0.460. The molecule has 3 aromatic rings. The summed E-state index contributed by atoms with van der Waals surface area (Å²) in [5.41, 5.74) is 9.94. The van der Waals surface area contributed by atoms with Crippen LogP contribution in [0.1, 0.15) is 30.4 Å². The molecule has 0 atom stereocenters. The monoisotopic (exact) mass is 543 g/mol. The minimum absolute atomic E-state index is 0.00604. The molecule has 0 radical (unpaired) electrons. The van der Waals surface area contributed by atoms with Crippen LogP contribution in [0.5, 0.6) is 0 Å². The summed E-state index contributed by atoms with van der Waals surface area (Å²) in [5, 5.41) is 4.47. The Bertz CT molecular complexity index is 1160. The normalized spacial score (nSPS) is 17.2. The largest absolute Gasteiger partial charge is 0.414 e. The van der Waals surface area contributed by atoms with Gasteiger partial charge >= 0.3 is 0 Å². The second-order valence-electron chi connectivity index (χ2n) is 8.50. The van der Waals surface area contributed by atoms with E-state index >= 15 is 0 Å². The van der Waals surface area contributed by atoms with E-state index in [0.29, 0.717) is 0 Å². The first-order chi connectivity index (χ1) is 15.5. The lowest BCUT2D eigenvalue weighted by Gasteiger charge is -2.41. The number of nitrogens with zero attached hydrogens (tertiary/aromatic N) is 6. The highest BCUT2D eigenvalue weighted by Gasteiger charge is 2.45. The number of hydrogen-bond acceptors (Lipinski definition) is 7. The lowest BCUT2D eigenvalue weighted by molar-refractivity contribution is 0.343. The first-order valence-corrected chi connectivity index (χ1v) is 12.6. The molecule has 1 aliphatic carbocycles. The zero-order valence-electron chi connectivity index (χ0n) is 18.2. The molecule has 2 aromatic heterocycles. The average Bonchev–Trinajstić information content (AvgIpc) is 3.43. The van der Waals surface area contributed by atoms with E-state index < -0.39 is 21.1 Å². The summed E-state index contributed by atoms with van der Waals surface area (Å²) < 4.78 is 9.31. The van der Waals surface area contributed by atoms with E-state index in [9.17, 15) is 0 Å². The van der Waals surface area contributed by atoms with Gasteiger partial charge < -0.3 is 13.7 Å². The molecule has 0 saturated heterocycles. The molecule has 3 heterocycles. The van der Waals surface area contributed by atoms with Gasteiger partial charge in [-0.05, 0) is 38.1 Å². The lowest BCUT2D eigenvalue weighted by atomic mass is 9.64. The van der Waals surface area contributed by atoms with Gasteiger partial charge in [-0.1, -0.05) is 30.7 Å². The van der Waals surface area contributed by atoms with Gasteiger partial charge in [-0.25, -0.2) is 15.0 Å². The van der Waals surface area contributed by atoms with Gasteiger partial charge in [0.2, 0.25) is 11.8 Å². The molecule has 1 fully saturated rings. The van der Waals surface area contributed by atoms with Crippen LogP contribution in [0.15, 0.2) is 54.0 Å². The Labute approximate surface area is 197 Å². The summed E-state index contributed by atoms with van der Waals surface area (Å²) >= 11 is -0.592. The summed E-state index contributed by atoms with van der Waals surface area (Å²) in [6.45, 7) is 1.79. The first kappa shape index (κ1) is 21.2. The maximum Gasteiger partial charge on any atom is 0.235 e. The molecule has 166 valence electrons. The highest BCUT2D eigenvalue weighted by molar-refractivity contribution is 14.2. The fraction of sp³-hybridized carbons (Fsp3) is 0.348. The minimum atomic E-state index is -0.592. The second-order valence-corrected chi connectivity index (χ2v) is 10.4. The number of aliphatic imine (C=N–C) groups is 1. The van der Waals surface area contributed by atoms with Crippen LogP contribution in [-0.4, -0.2) is 54.8 Å². The standard InChI is InChI=1S/C23H26IN7O/c1-30(2)10-11-31-15-18(14-28-31)20-29-21(24-32-20)23(8-3-9-23)19-6-4-16(5-7-19)17-12-26-22(25)27-13-17/h4-7,12-15H,3,8-11H2,1-2H3,(H2,25,26,27). The summed E-state index contributed by atoms with van der Waals surface area (Å²) in [7, 11) is 4.13. The third kappa shape index (κ3) is 4.06. The molecule has 0 unspecified atom stereocenters. The number of benzene rings is 1. The van der Waals surface area contributed by atoms with Crippen LogP contribution in [0, 0.1) is 0 Å². The van der Waals surface area contributed by atoms with Gasteiger partial charge in [0.1, 0.15) is 24.8 Å². The third-order valence-corrected chi connectivity index (χ3v) is 8.41. The van der Waals surface area contributed by atoms with Gasteiger partial charge in [0.05, 0.1) is 18.3 Å². The Hall–Kier alpha value is -2.66. The second kappa shape index (κ2) is 8.70. The fourth-order valence-corrected chi connectivity index (χ4v) is 6.36. The van der Waals surface area contributed by atoms with Crippen LogP contribution < -0.4 is 5.73 Å². The van der Waals surface area contributed by atoms with Crippen LogP contribution >= 0.6 is 21.1 Å². The number of likely N-dealkylation sites (N-methyl/N-ethyl adjacent to an activating group) is 1. The van der Waals surface area contributed by atoms with Crippen LogP contribution in [0.4, 0.5) is 5.95 Å². The molecule has 5 rings (SSSR count). The van der Waals surface area contributed by atoms with E-state index in [1.807, 2.05) is 17.1 Å². The molecule has 1 saturated carbocycles. The van der Waals surface area contributed by atoms with E-state index in [4.69, 9.17) is 13.8 Å². The van der Waals surface area contributed by atoms with Crippen molar-refractivity contribution in [3.05, 3.63) is 60.2 Å². The van der Waals surface area contributed by atoms with Gasteiger partial charge in [-0.15, -0.1) is 0 Å². The van der Waals surface area contributed by atoms with Crippen molar-refractivity contribution in [3.8, 4) is 11.1 Å². The zero-order chi connectivity index (χ0) is 22.1. The minimum Gasteiger partial charge on any atom is -0.414 e. The molecular weight excluding hydrogens is 517 g/mol. The number of nitrogen functional groups attached to an aromatic ring is 1. The number of nitrogens with two attached hydrogens (primary N) is 1. The van der Waals surface area contributed by atoms with Crippen molar-refractivity contribution >= 4 is 36.6 Å². The molecule has 0 amide bonds. The third-order valence-electron chi connectivity index (χ3n) is 6.09. The number of hydrogen-bond donors (Lipinski definition) is 1. The van der Waals surface area contributed by atoms with Crippen molar-refractivity contribution in [3.63, 3.8) is 0 Å². The average molecular weight is 543 g/mol. The number of aromatic nitrogens is 4. The molecule has 9 heteroatoms. The molecule has 1 aliphatic heterocycles. The predicted octanol–water partition coefficient (Wildman–Crippen LogP) is 3.40. The van der Waals surface area contributed by atoms with Gasteiger partial charge in [0.25, 0.3) is 0 Å². The Morgan fingerprint density at radius 2 is 1.81 bits per heavy atom. The van der Waals surface area contributed by atoms with E-state index in [0.717, 1.165) is 48.5 Å². The van der Waals surface area contributed by atoms with Crippen LogP contribution in [-0.2, 0) is 15.0 Å². The zero-order valence-corrected chi connectivity index (χ0v) is 20.4. The molecule has 2 aliphatic rings. The Morgan fingerprint density at radius 1 is 1.06 bits per heavy atom. The Balaban J connectivity index is 1.35. The van der Waals surface area contributed by atoms with Crippen LogP contribution in [0.2, 0.25) is 0 Å². The SMILES string of the molecule is CN(C)CCn1cc(C2=NC(C3(c4ccc(-c5cnc(N)nc5)cc4)CCC3)=IO2)cn1. The van der Waals surface area contributed by atoms with Crippen LogP contribution in [0.25, 0.3) is 11.1 Å². The molecule has 1 aromatic carbocycles. The number of anilines is 1. The highest BCUT2D eigenvalue weighted by Crippen LogP contribution is 2.48. The van der Waals surface area contributed by atoms with Crippen molar-refractivity contribution in [2.45, 2.75) is 31.2 Å². The summed E-state index contributed by atoms with van der Waals surface area (Å²) in [4.78, 5) is 15.3. The fourth-order valence-electron chi connectivity index (χ4n) is 4.00. The van der Waals surface area contributed by atoms with Crippen molar-refractivity contribution in [1.29, 1.82) is 0 Å². The summed E-state index contributed by atoms with van der Waals surface area (Å²) in [6, 6.07) is 8.71. The van der Waals surface area contributed by atoms with Gasteiger partial charge in [0, 0.05) is 36.1 Å². The maximum atomic E-state index is 6.13. The van der Waals surface area contributed by atoms with Crippen molar-refractivity contribution in [1.82, 2.24) is 24.6 Å². The molecular formula is C23H26IN7O. The Kier molecular flexibility index (Phi) is 5.76. The van der Waals surface area contributed by atoms with Crippen molar-refractivity contribution in [2.24, 2.45) is 4.99 Å². The van der Waals surface area contributed by atoms with E-state index in [1.165, 1.54) is 15.6 Å². The van der Waals surface area contributed by atoms with Crippen molar-refractivity contribution < 1.29 is 3.07 Å². The van der Waals surface area contributed by atoms with Gasteiger partial charge in [-0.3, -0.25) is 4.68 Å². The summed E-state index contributed by atoms with van der Waals surface area (Å²) in [5.74, 6) is 1.02. The maximum absolute atomic E-state index is 6.13. The van der Waals surface area contributed by atoms with E-state index in [1.54, 1.807) is 12.4 Å². The van der Waals surface area contributed by atoms with E-state index in [-0.39, 0.29) is 11.4 Å². The predicted molar refractivity (Wildman–Crippen MR) is 135 cm³/mol. The Morgan fingerprint density at radius 3 is 2.47 bits per heavy atom. The molecule has 8 nitrogen and oxygen atoms in total. The highest BCUT2D eigenvalue weighted by atomic mass is 127. The number of rotatable bonds is 7. The van der Waals surface area contributed by atoms with Crippen LogP contribution in [0.3, 0.4) is 0 Å². The van der Waals surface area contributed by atoms with E-state index in [2.05, 4.69) is 58.3 Å². The molecule has 32 heavy (non-hydrogen) atoms. The molecule has 0 bridgehead atoms. The smallest absolute Gasteiger partial charge is 0.235 e. The van der Waals surface area contributed by atoms with Gasteiger partial charge in [-0.2, -0.15) is 5.10 Å². The molecule has 2 N–H and O–H groups in total. The van der Waals surface area contributed by atoms with Gasteiger partial charge in [0.15, 0.2) is 0 Å². The molecule has 0 spiro atoms.